The molecule has 0 aliphatic carbocycles. The number of hydrogen-bond acceptors (Lipinski definition) is 3. The SMILES string of the molecule is OC(C1=CCCCO1)c1ccncc1. The molecule has 1 aliphatic heterocycles. The van der Waals surface area contributed by atoms with Crippen molar-refractivity contribution < 1.29 is 9.84 Å². The number of pyridine rings is 1. The van der Waals surface area contributed by atoms with Gasteiger partial charge in [-0.25, -0.2) is 0 Å². The second kappa shape index (κ2) is 4.24. The van der Waals surface area contributed by atoms with E-state index in [0.29, 0.717) is 12.4 Å². The third kappa shape index (κ3) is 1.93. The van der Waals surface area contributed by atoms with E-state index < -0.39 is 6.10 Å². The van der Waals surface area contributed by atoms with Crippen LogP contribution in [0.5, 0.6) is 0 Å². The first kappa shape index (κ1) is 9.21. The summed E-state index contributed by atoms with van der Waals surface area (Å²) < 4.78 is 5.38. The van der Waals surface area contributed by atoms with Crippen LogP contribution in [0.4, 0.5) is 0 Å². The van der Waals surface area contributed by atoms with Crippen LogP contribution in [0.1, 0.15) is 24.5 Å². The molecule has 1 unspecified atom stereocenters. The number of aromatic nitrogens is 1. The van der Waals surface area contributed by atoms with E-state index in [1.54, 1.807) is 24.5 Å². The van der Waals surface area contributed by atoms with Crippen LogP contribution in [0, 0.1) is 0 Å². The number of allylic oxidation sites excluding steroid dienone is 1. The third-order valence-electron chi connectivity index (χ3n) is 2.25. The van der Waals surface area contributed by atoms with Crippen LogP contribution in [0.2, 0.25) is 0 Å². The second-order valence-corrected chi connectivity index (χ2v) is 3.28. The lowest BCUT2D eigenvalue weighted by molar-refractivity contribution is 0.0917. The standard InChI is InChI=1S/C11H13NO2/c13-11(9-4-6-12-7-5-9)10-3-1-2-8-14-10/h3-7,11,13H,1-2,8H2. The lowest BCUT2D eigenvalue weighted by atomic mass is 10.1. The molecule has 2 rings (SSSR count). The van der Waals surface area contributed by atoms with E-state index in [4.69, 9.17) is 4.74 Å². The summed E-state index contributed by atoms with van der Waals surface area (Å²) in [6.45, 7) is 0.702. The smallest absolute Gasteiger partial charge is 0.136 e. The maximum absolute atomic E-state index is 9.92. The van der Waals surface area contributed by atoms with Crippen molar-refractivity contribution in [3.8, 4) is 0 Å². The first-order chi connectivity index (χ1) is 6.88. The number of rotatable bonds is 2. The normalized spacial score (nSPS) is 18.2. The van der Waals surface area contributed by atoms with Crippen LogP contribution >= 0.6 is 0 Å². The van der Waals surface area contributed by atoms with Gasteiger partial charge in [-0.1, -0.05) is 0 Å². The van der Waals surface area contributed by atoms with Crippen molar-refractivity contribution in [2.45, 2.75) is 18.9 Å². The van der Waals surface area contributed by atoms with Crippen LogP contribution < -0.4 is 0 Å². The Bertz CT molecular complexity index is 321. The maximum atomic E-state index is 9.92. The molecule has 3 heteroatoms. The summed E-state index contributed by atoms with van der Waals surface area (Å²) in [5.74, 6) is 0.669. The predicted molar refractivity (Wildman–Crippen MR) is 52.5 cm³/mol. The van der Waals surface area contributed by atoms with Gasteiger partial charge in [0.25, 0.3) is 0 Å². The third-order valence-corrected chi connectivity index (χ3v) is 2.25. The molecular weight excluding hydrogens is 178 g/mol. The summed E-state index contributed by atoms with van der Waals surface area (Å²) >= 11 is 0. The fourth-order valence-electron chi connectivity index (χ4n) is 1.48. The van der Waals surface area contributed by atoms with Gasteiger partial charge in [-0.05, 0) is 36.6 Å². The van der Waals surface area contributed by atoms with Crippen molar-refractivity contribution in [3.05, 3.63) is 41.9 Å². The minimum absolute atomic E-state index is 0.640. The zero-order valence-electron chi connectivity index (χ0n) is 7.89. The molecule has 74 valence electrons. The van der Waals surface area contributed by atoms with E-state index in [1.807, 2.05) is 6.08 Å². The van der Waals surface area contributed by atoms with Crippen molar-refractivity contribution in [2.75, 3.05) is 6.61 Å². The molecule has 1 atom stereocenters. The summed E-state index contributed by atoms with van der Waals surface area (Å²) in [7, 11) is 0. The van der Waals surface area contributed by atoms with Crippen LogP contribution in [0.15, 0.2) is 36.4 Å². The monoisotopic (exact) mass is 191 g/mol. The van der Waals surface area contributed by atoms with Gasteiger partial charge in [0.15, 0.2) is 0 Å². The highest BCUT2D eigenvalue weighted by molar-refractivity contribution is 5.21. The van der Waals surface area contributed by atoms with Crippen LogP contribution in [-0.2, 0) is 4.74 Å². The molecule has 0 spiro atoms. The number of aliphatic hydroxyl groups excluding tert-OH is 1. The summed E-state index contributed by atoms with van der Waals surface area (Å²) in [5, 5.41) is 9.92. The highest BCUT2D eigenvalue weighted by Gasteiger charge is 2.16. The Morgan fingerprint density at radius 1 is 1.36 bits per heavy atom. The Balaban J connectivity index is 2.15. The Kier molecular flexibility index (Phi) is 2.79. The molecule has 0 amide bonds. The number of aliphatic hydroxyl groups is 1. The first-order valence-electron chi connectivity index (χ1n) is 4.79. The van der Waals surface area contributed by atoms with Crippen molar-refractivity contribution in [1.82, 2.24) is 4.98 Å². The van der Waals surface area contributed by atoms with Crippen LogP contribution in [0.3, 0.4) is 0 Å². The Morgan fingerprint density at radius 2 is 2.14 bits per heavy atom. The van der Waals surface area contributed by atoms with Gasteiger partial charge in [-0.15, -0.1) is 0 Å². The zero-order chi connectivity index (χ0) is 9.80. The summed E-state index contributed by atoms with van der Waals surface area (Å²) in [6, 6.07) is 3.59. The molecular formula is C11H13NO2. The van der Waals surface area contributed by atoms with Crippen molar-refractivity contribution in [3.63, 3.8) is 0 Å². The summed E-state index contributed by atoms with van der Waals surface area (Å²) in [6.07, 6.45) is 6.67. The molecule has 3 nitrogen and oxygen atoms in total. The van der Waals surface area contributed by atoms with Crippen molar-refractivity contribution in [1.29, 1.82) is 0 Å². The van der Waals surface area contributed by atoms with Gasteiger partial charge in [0.2, 0.25) is 0 Å². The van der Waals surface area contributed by atoms with Gasteiger partial charge in [0, 0.05) is 12.4 Å². The molecule has 0 radical (unpaired) electrons. The van der Waals surface area contributed by atoms with E-state index in [0.717, 1.165) is 18.4 Å². The molecule has 1 aliphatic rings. The number of nitrogens with zero attached hydrogens (tertiary/aromatic N) is 1. The Morgan fingerprint density at radius 3 is 2.79 bits per heavy atom. The van der Waals surface area contributed by atoms with Crippen LogP contribution in [0.25, 0.3) is 0 Å². The quantitative estimate of drug-likeness (QED) is 0.775. The summed E-state index contributed by atoms with van der Waals surface area (Å²) in [4.78, 5) is 3.90. The van der Waals surface area contributed by atoms with Crippen molar-refractivity contribution in [2.24, 2.45) is 0 Å². The molecule has 0 saturated carbocycles. The number of hydrogen-bond donors (Lipinski definition) is 1. The van der Waals surface area contributed by atoms with Gasteiger partial charge >= 0.3 is 0 Å². The molecule has 0 aromatic carbocycles. The van der Waals surface area contributed by atoms with E-state index in [-0.39, 0.29) is 0 Å². The van der Waals surface area contributed by atoms with Gasteiger partial charge in [0.05, 0.1) is 6.61 Å². The topological polar surface area (TPSA) is 42.4 Å². The highest BCUT2D eigenvalue weighted by Crippen LogP contribution is 2.24. The molecule has 0 saturated heterocycles. The summed E-state index contributed by atoms with van der Waals surface area (Å²) in [5.41, 5.74) is 0.827. The average Bonchev–Trinajstić information content (AvgIpc) is 2.30. The first-order valence-corrected chi connectivity index (χ1v) is 4.79. The Labute approximate surface area is 83.1 Å². The second-order valence-electron chi connectivity index (χ2n) is 3.28. The predicted octanol–water partition coefficient (Wildman–Crippen LogP) is 1.81. The minimum atomic E-state index is -0.640. The van der Waals surface area contributed by atoms with E-state index in [2.05, 4.69) is 4.98 Å². The fourth-order valence-corrected chi connectivity index (χ4v) is 1.48. The van der Waals surface area contributed by atoms with E-state index in [1.165, 1.54) is 0 Å². The van der Waals surface area contributed by atoms with Gasteiger partial charge in [0.1, 0.15) is 11.9 Å². The zero-order valence-corrected chi connectivity index (χ0v) is 7.89. The molecule has 1 N–H and O–H groups in total. The largest absolute Gasteiger partial charge is 0.495 e. The fraction of sp³-hybridized carbons (Fsp3) is 0.364. The molecule has 1 aromatic heterocycles. The van der Waals surface area contributed by atoms with Gasteiger partial charge in [-0.3, -0.25) is 4.98 Å². The van der Waals surface area contributed by atoms with Crippen molar-refractivity contribution >= 4 is 0 Å². The lowest BCUT2D eigenvalue weighted by Crippen LogP contribution is -2.09. The molecule has 0 bridgehead atoms. The van der Waals surface area contributed by atoms with Crippen LogP contribution in [-0.4, -0.2) is 16.7 Å². The molecule has 1 aromatic rings. The maximum Gasteiger partial charge on any atom is 0.136 e. The van der Waals surface area contributed by atoms with E-state index >= 15 is 0 Å². The Hall–Kier alpha value is -1.35. The number of ether oxygens (including phenoxy) is 1. The molecule has 2 heterocycles. The molecule has 0 fully saturated rings. The molecule has 14 heavy (non-hydrogen) atoms. The average molecular weight is 191 g/mol. The van der Waals surface area contributed by atoms with E-state index in [9.17, 15) is 5.11 Å². The van der Waals surface area contributed by atoms with Gasteiger partial charge in [-0.2, -0.15) is 0 Å². The van der Waals surface area contributed by atoms with Gasteiger partial charge < -0.3 is 9.84 Å². The lowest BCUT2D eigenvalue weighted by Gasteiger charge is -2.19. The minimum Gasteiger partial charge on any atom is -0.495 e. The highest BCUT2D eigenvalue weighted by atomic mass is 16.5.